The zero-order valence-corrected chi connectivity index (χ0v) is 15.2. The fourth-order valence-electron chi connectivity index (χ4n) is 4.02. The molecule has 0 bridgehead atoms. The van der Waals surface area contributed by atoms with Gasteiger partial charge in [0.2, 0.25) is 0 Å². The Morgan fingerprint density at radius 2 is 2.11 bits per heavy atom. The summed E-state index contributed by atoms with van der Waals surface area (Å²) < 4.78 is 25.2. The second-order valence-electron chi connectivity index (χ2n) is 7.56. The summed E-state index contributed by atoms with van der Waals surface area (Å²) in [5.41, 5.74) is 1.30. The zero-order valence-electron chi connectivity index (χ0n) is 15.2. The van der Waals surface area contributed by atoms with Gasteiger partial charge in [0.1, 0.15) is 24.6 Å². The topological polar surface area (TPSA) is 113 Å². The number of ether oxygens (including phenoxy) is 4. The molecule has 0 spiro atoms. The molecule has 0 amide bonds. The second kappa shape index (κ2) is 6.35. The number of aromatic nitrogens is 4. The maximum absolute atomic E-state index is 9.68. The molecule has 10 heteroatoms. The average Bonchev–Trinajstić information content (AvgIpc) is 3.38. The van der Waals surface area contributed by atoms with Crippen molar-refractivity contribution < 1.29 is 24.1 Å². The minimum Gasteiger partial charge on any atom is -0.394 e. The maximum Gasteiger partial charge on any atom is 0.167 e. The molecule has 146 valence electrons. The molecule has 5 atom stereocenters. The van der Waals surface area contributed by atoms with Gasteiger partial charge in [-0.25, -0.2) is 15.0 Å². The molecule has 1 unspecified atom stereocenters. The lowest BCUT2D eigenvalue weighted by Crippen LogP contribution is -2.31. The van der Waals surface area contributed by atoms with Gasteiger partial charge in [-0.15, -0.1) is 0 Å². The summed E-state index contributed by atoms with van der Waals surface area (Å²) in [5, 5.41) is 13.1. The van der Waals surface area contributed by atoms with E-state index in [4.69, 9.17) is 18.9 Å². The lowest BCUT2D eigenvalue weighted by Gasteiger charge is -2.24. The molecule has 5 rings (SSSR count). The van der Waals surface area contributed by atoms with Gasteiger partial charge in [-0.3, -0.25) is 4.57 Å². The first-order chi connectivity index (χ1) is 13.1. The number of anilines is 1. The van der Waals surface area contributed by atoms with Crippen molar-refractivity contribution >= 4 is 17.0 Å². The largest absolute Gasteiger partial charge is 0.394 e. The van der Waals surface area contributed by atoms with Crippen LogP contribution < -0.4 is 5.32 Å². The molecule has 5 heterocycles. The number of aliphatic hydroxyl groups excluding tert-OH is 1. The Bertz CT molecular complexity index is 836. The first-order valence-electron chi connectivity index (χ1n) is 9.19. The summed E-state index contributed by atoms with van der Waals surface area (Å²) >= 11 is 0. The van der Waals surface area contributed by atoms with Gasteiger partial charge in [0, 0.05) is 6.61 Å². The summed E-state index contributed by atoms with van der Waals surface area (Å²) in [6.07, 6.45) is 2.45. The van der Waals surface area contributed by atoms with E-state index in [-0.39, 0.29) is 24.9 Å². The minimum absolute atomic E-state index is 0.146. The Labute approximate surface area is 155 Å². The van der Waals surface area contributed by atoms with E-state index in [1.165, 1.54) is 6.33 Å². The monoisotopic (exact) mass is 377 g/mol. The van der Waals surface area contributed by atoms with E-state index in [1.54, 1.807) is 6.33 Å². The van der Waals surface area contributed by atoms with Crippen LogP contribution in [-0.2, 0) is 18.9 Å². The number of hydrogen-bond acceptors (Lipinski definition) is 9. The number of hydrogen-bond donors (Lipinski definition) is 2. The Morgan fingerprint density at radius 1 is 1.26 bits per heavy atom. The summed E-state index contributed by atoms with van der Waals surface area (Å²) in [7, 11) is 0. The van der Waals surface area contributed by atoms with Crippen LogP contribution in [0.1, 0.15) is 26.5 Å². The third-order valence-corrected chi connectivity index (χ3v) is 5.21. The standard InChI is InChI=1S/C17H23N5O5/c1-17(2)26-12-10(5-23)25-16(13(12)27-17)22-8-20-11-14(18-7-19-15(11)22)21-9-3-4-24-6-9/h7-10,12-13,16,23H,3-6H2,1-2H3,(H,18,19,21)/t9?,10-,12-,13-,16-/m1/s1. The Hall–Kier alpha value is -1.85. The van der Waals surface area contributed by atoms with Crippen LogP contribution >= 0.6 is 0 Å². The molecule has 3 aliphatic heterocycles. The molecular formula is C17H23N5O5. The minimum atomic E-state index is -0.731. The number of rotatable bonds is 4. The third-order valence-electron chi connectivity index (χ3n) is 5.21. The predicted octanol–water partition coefficient (Wildman–Crippen LogP) is 0.437. The van der Waals surface area contributed by atoms with Gasteiger partial charge in [0.15, 0.2) is 29.0 Å². The van der Waals surface area contributed by atoms with E-state index in [1.807, 2.05) is 18.4 Å². The van der Waals surface area contributed by atoms with Gasteiger partial charge in [-0.2, -0.15) is 0 Å². The summed E-state index contributed by atoms with van der Waals surface area (Å²) in [5.74, 6) is -0.0582. The van der Waals surface area contributed by atoms with Gasteiger partial charge < -0.3 is 29.4 Å². The number of nitrogens with one attached hydrogen (secondary N) is 1. The molecule has 27 heavy (non-hydrogen) atoms. The van der Waals surface area contributed by atoms with Crippen LogP contribution in [0, 0.1) is 0 Å². The normalized spacial score (nSPS) is 35.0. The molecule has 0 aliphatic carbocycles. The van der Waals surface area contributed by atoms with Crippen LogP contribution in [0.15, 0.2) is 12.7 Å². The van der Waals surface area contributed by atoms with Gasteiger partial charge >= 0.3 is 0 Å². The van der Waals surface area contributed by atoms with Crippen LogP contribution in [0.4, 0.5) is 5.82 Å². The van der Waals surface area contributed by atoms with Gasteiger partial charge in [0.25, 0.3) is 0 Å². The van der Waals surface area contributed by atoms with Crippen molar-refractivity contribution in [2.45, 2.75) is 56.6 Å². The number of aliphatic hydroxyl groups is 1. The Morgan fingerprint density at radius 3 is 2.89 bits per heavy atom. The predicted molar refractivity (Wildman–Crippen MR) is 93.0 cm³/mol. The SMILES string of the molecule is CC1(C)O[C@@H]2[C@H](O1)[C@@H](CO)O[C@H]2n1cnc2c(NC3CCOC3)ncnc21. The molecular weight excluding hydrogens is 354 g/mol. The van der Waals surface area contributed by atoms with Crippen molar-refractivity contribution in [1.29, 1.82) is 0 Å². The van der Waals surface area contributed by atoms with Crippen LogP contribution in [0.5, 0.6) is 0 Å². The first-order valence-corrected chi connectivity index (χ1v) is 9.19. The Balaban J connectivity index is 1.48. The van der Waals surface area contributed by atoms with E-state index < -0.39 is 18.1 Å². The highest BCUT2D eigenvalue weighted by atomic mass is 16.8. The van der Waals surface area contributed by atoms with Crippen LogP contribution in [0.3, 0.4) is 0 Å². The van der Waals surface area contributed by atoms with E-state index in [9.17, 15) is 5.11 Å². The lowest BCUT2D eigenvalue weighted by molar-refractivity contribution is -0.199. The lowest BCUT2D eigenvalue weighted by atomic mass is 10.1. The molecule has 0 saturated carbocycles. The van der Waals surface area contributed by atoms with Gasteiger partial charge in [-0.05, 0) is 20.3 Å². The molecule has 3 aliphatic rings. The van der Waals surface area contributed by atoms with Gasteiger partial charge in [-0.1, -0.05) is 0 Å². The van der Waals surface area contributed by atoms with Crippen LogP contribution in [0.25, 0.3) is 11.2 Å². The molecule has 2 aromatic heterocycles. The van der Waals surface area contributed by atoms with Crippen molar-refractivity contribution in [2.24, 2.45) is 0 Å². The fourth-order valence-corrected chi connectivity index (χ4v) is 4.02. The second-order valence-corrected chi connectivity index (χ2v) is 7.56. The average molecular weight is 377 g/mol. The highest BCUT2D eigenvalue weighted by Crippen LogP contribution is 2.43. The third kappa shape index (κ3) is 2.88. The zero-order chi connectivity index (χ0) is 18.6. The highest BCUT2D eigenvalue weighted by molar-refractivity contribution is 5.82. The van der Waals surface area contributed by atoms with E-state index in [0.717, 1.165) is 13.0 Å². The van der Waals surface area contributed by atoms with Gasteiger partial charge in [0.05, 0.1) is 25.6 Å². The quantitative estimate of drug-likeness (QED) is 0.783. The molecule has 0 aromatic carbocycles. The number of imidazole rings is 1. The number of nitrogens with zero attached hydrogens (tertiary/aromatic N) is 4. The van der Waals surface area contributed by atoms with E-state index in [2.05, 4.69) is 20.3 Å². The summed E-state index contributed by atoms with van der Waals surface area (Å²) in [4.78, 5) is 13.2. The summed E-state index contributed by atoms with van der Waals surface area (Å²) in [6.45, 7) is 4.97. The molecule has 0 radical (unpaired) electrons. The molecule has 3 saturated heterocycles. The van der Waals surface area contributed by atoms with E-state index >= 15 is 0 Å². The maximum atomic E-state index is 9.68. The van der Waals surface area contributed by atoms with Crippen LogP contribution in [0.2, 0.25) is 0 Å². The molecule has 2 N–H and O–H groups in total. The van der Waals surface area contributed by atoms with Crippen LogP contribution in [-0.4, -0.2) is 74.6 Å². The molecule has 10 nitrogen and oxygen atoms in total. The molecule has 3 fully saturated rings. The van der Waals surface area contributed by atoms with Crippen molar-refractivity contribution in [3.63, 3.8) is 0 Å². The smallest absolute Gasteiger partial charge is 0.167 e. The number of fused-ring (bicyclic) bond motifs is 2. The Kier molecular flexibility index (Phi) is 4.06. The first kappa shape index (κ1) is 17.3. The molecule has 2 aromatic rings. The summed E-state index contributed by atoms with van der Waals surface area (Å²) in [6, 6.07) is 0.214. The van der Waals surface area contributed by atoms with Crippen molar-refractivity contribution in [3.05, 3.63) is 12.7 Å². The van der Waals surface area contributed by atoms with Crippen molar-refractivity contribution in [2.75, 3.05) is 25.1 Å². The fraction of sp³-hybridized carbons (Fsp3) is 0.706. The van der Waals surface area contributed by atoms with E-state index in [0.29, 0.717) is 23.6 Å². The van der Waals surface area contributed by atoms with Crippen molar-refractivity contribution in [1.82, 2.24) is 19.5 Å². The van der Waals surface area contributed by atoms with Crippen molar-refractivity contribution in [3.8, 4) is 0 Å². The highest BCUT2D eigenvalue weighted by Gasteiger charge is 2.56.